The van der Waals surface area contributed by atoms with Crippen LogP contribution >= 0.6 is 0 Å². The van der Waals surface area contributed by atoms with Crippen molar-refractivity contribution in [3.63, 3.8) is 0 Å². The van der Waals surface area contributed by atoms with Crippen LogP contribution in [-0.2, 0) is 9.53 Å². The molecule has 3 nitrogen and oxygen atoms in total. The topological polar surface area (TPSA) is 35.5 Å². The van der Waals surface area contributed by atoms with Gasteiger partial charge in [-0.2, -0.15) is 0 Å². The first-order chi connectivity index (χ1) is 9.78. The van der Waals surface area contributed by atoms with E-state index in [1.165, 1.54) is 30.4 Å². The molecule has 1 aromatic carbocycles. The van der Waals surface area contributed by atoms with E-state index < -0.39 is 5.97 Å². The molecule has 1 aromatic rings. The number of allylic oxidation sites excluding steroid dienone is 1. The standard InChI is InChI=1S/C17H20O3/c1-2-17(18)20-12-4-11-19-16-9-7-15(8-10-16)13-14-5-3-6-14/h2,7-10,13H,1,3-6,11-12H2. The number of hydrogen-bond donors (Lipinski definition) is 0. The van der Waals surface area contributed by atoms with Crippen molar-refractivity contribution in [3.8, 4) is 5.75 Å². The summed E-state index contributed by atoms with van der Waals surface area (Å²) in [7, 11) is 0. The van der Waals surface area contributed by atoms with E-state index in [9.17, 15) is 4.79 Å². The van der Waals surface area contributed by atoms with Crippen molar-refractivity contribution in [1.82, 2.24) is 0 Å². The first kappa shape index (κ1) is 14.4. The minimum absolute atomic E-state index is 0.356. The fraction of sp³-hybridized carbons (Fsp3) is 0.353. The number of ether oxygens (including phenoxy) is 2. The highest BCUT2D eigenvalue weighted by Gasteiger charge is 2.07. The van der Waals surface area contributed by atoms with E-state index in [0.29, 0.717) is 19.6 Å². The lowest BCUT2D eigenvalue weighted by atomic mass is 9.91. The second-order valence-electron chi connectivity index (χ2n) is 4.80. The van der Waals surface area contributed by atoms with E-state index in [2.05, 4.69) is 24.8 Å². The molecule has 0 bridgehead atoms. The van der Waals surface area contributed by atoms with Crippen LogP contribution in [0.15, 0.2) is 42.5 Å². The Balaban J connectivity index is 1.68. The highest BCUT2D eigenvalue weighted by molar-refractivity contribution is 5.81. The van der Waals surface area contributed by atoms with Crippen molar-refractivity contribution in [2.45, 2.75) is 25.7 Å². The van der Waals surface area contributed by atoms with Crippen molar-refractivity contribution in [3.05, 3.63) is 48.1 Å². The zero-order valence-electron chi connectivity index (χ0n) is 11.6. The van der Waals surface area contributed by atoms with Crippen LogP contribution in [0.25, 0.3) is 6.08 Å². The molecule has 0 spiro atoms. The molecule has 1 aliphatic carbocycles. The molecule has 0 radical (unpaired) electrons. The van der Waals surface area contributed by atoms with Gasteiger partial charge in [0.15, 0.2) is 0 Å². The van der Waals surface area contributed by atoms with Gasteiger partial charge in [-0.15, -0.1) is 0 Å². The van der Waals surface area contributed by atoms with Gasteiger partial charge in [-0.05, 0) is 37.0 Å². The van der Waals surface area contributed by atoms with Gasteiger partial charge in [0, 0.05) is 12.5 Å². The predicted octanol–water partition coefficient (Wildman–Crippen LogP) is 3.75. The molecule has 1 aliphatic rings. The summed E-state index contributed by atoms with van der Waals surface area (Å²) in [4.78, 5) is 10.8. The molecule has 3 heteroatoms. The van der Waals surface area contributed by atoms with Crippen molar-refractivity contribution < 1.29 is 14.3 Å². The molecule has 1 fully saturated rings. The van der Waals surface area contributed by atoms with Crippen LogP contribution in [0, 0.1) is 0 Å². The van der Waals surface area contributed by atoms with Crippen LogP contribution in [0.3, 0.4) is 0 Å². The van der Waals surface area contributed by atoms with E-state index in [1.807, 2.05) is 12.1 Å². The maximum Gasteiger partial charge on any atom is 0.330 e. The van der Waals surface area contributed by atoms with Crippen LogP contribution < -0.4 is 4.74 Å². The van der Waals surface area contributed by atoms with E-state index >= 15 is 0 Å². The zero-order valence-corrected chi connectivity index (χ0v) is 11.6. The maximum absolute atomic E-state index is 10.8. The summed E-state index contributed by atoms with van der Waals surface area (Å²) >= 11 is 0. The fourth-order valence-corrected chi connectivity index (χ4v) is 1.90. The van der Waals surface area contributed by atoms with Gasteiger partial charge in [-0.1, -0.05) is 30.4 Å². The van der Waals surface area contributed by atoms with E-state index in [-0.39, 0.29) is 0 Å². The molecule has 0 amide bonds. The Morgan fingerprint density at radius 3 is 2.55 bits per heavy atom. The van der Waals surface area contributed by atoms with Crippen LogP contribution in [0.2, 0.25) is 0 Å². The predicted molar refractivity (Wildman–Crippen MR) is 79.5 cm³/mol. The van der Waals surface area contributed by atoms with Crippen LogP contribution in [0.1, 0.15) is 31.2 Å². The highest BCUT2D eigenvalue weighted by atomic mass is 16.5. The molecule has 0 saturated heterocycles. The second-order valence-corrected chi connectivity index (χ2v) is 4.80. The lowest BCUT2D eigenvalue weighted by Crippen LogP contribution is -2.06. The van der Waals surface area contributed by atoms with Gasteiger partial charge in [0.05, 0.1) is 13.2 Å². The Bertz CT molecular complexity index is 479. The lowest BCUT2D eigenvalue weighted by Gasteiger charge is -2.15. The molecule has 106 valence electrons. The van der Waals surface area contributed by atoms with Gasteiger partial charge in [0.1, 0.15) is 5.75 Å². The summed E-state index contributed by atoms with van der Waals surface area (Å²) in [6.45, 7) is 4.22. The number of esters is 1. The molecule has 0 atom stereocenters. The Labute approximate surface area is 119 Å². The van der Waals surface area contributed by atoms with Gasteiger partial charge in [0.25, 0.3) is 0 Å². The van der Waals surface area contributed by atoms with Crippen molar-refractivity contribution >= 4 is 12.0 Å². The SMILES string of the molecule is C=CC(=O)OCCCOc1ccc(C=C2CCC2)cc1. The molecule has 0 N–H and O–H groups in total. The van der Waals surface area contributed by atoms with Crippen molar-refractivity contribution in [2.24, 2.45) is 0 Å². The van der Waals surface area contributed by atoms with E-state index in [4.69, 9.17) is 9.47 Å². The van der Waals surface area contributed by atoms with E-state index in [0.717, 1.165) is 11.8 Å². The molecule has 0 aromatic heterocycles. The molecule has 0 aliphatic heterocycles. The molecule has 1 saturated carbocycles. The molecular weight excluding hydrogens is 252 g/mol. The molecule has 0 unspecified atom stereocenters. The number of rotatable bonds is 7. The Morgan fingerprint density at radius 2 is 1.95 bits per heavy atom. The fourth-order valence-electron chi connectivity index (χ4n) is 1.90. The van der Waals surface area contributed by atoms with Gasteiger partial charge >= 0.3 is 5.97 Å². The van der Waals surface area contributed by atoms with Gasteiger partial charge in [-0.25, -0.2) is 4.79 Å². The molecule has 2 rings (SSSR count). The Morgan fingerprint density at radius 1 is 1.20 bits per heavy atom. The zero-order chi connectivity index (χ0) is 14.2. The summed E-state index contributed by atoms with van der Waals surface area (Å²) in [6, 6.07) is 8.08. The van der Waals surface area contributed by atoms with Crippen molar-refractivity contribution in [1.29, 1.82) is 0 Å². The average Bonchev–Trinajstić information content (AvgIpc) is 2.43. The summed E-state index contributed by atoms with van der Waals surface area (Å²) < 4.78 is 10.4. The average molecular weight is 272 g/mol. The third kappa shape index (κ3) is 4.57. The third-order valence-corrected chi connectivity index (χ3v) is 3.22. The first-order valence-corrected chi connectivity index (χ1v) is 6.99. The molecular formula is C17H20O3. The smallest absolute Gasteiger partial charge is 0.330 e. The number of benzene rings is 1. The summed E-state index contributed by atoms with van der Waals surface area (Å²) in [6.07, 6.45) is 7.89. The van der Waals surface area contributed by atoms with E-state index in [1.54, 1.807) is 0 Å². The first-order valence-electron chi connectivity index (χ1n) is 6.99. The van der Waals surface area contributed by atoms with Crippen LogP contribution in [0.5, 0.6) is 5.75 Å². The van der Waals surface area contributed by atoms with Crippen LogP contribution in [0.4, 0.5) is 0 Å². The van der Waals surface area contributed by atoms with Gasteiger partial charge in [0.2, 0.25) is 0 Å². The second kappa shape index (κ2) is 7.53. The molecule has 20 heavy (non-hydrogen) atoms. The number of hydrogen-bond acceptors (Lipinski definition) is 3. The van der Waals surface area contributed by atoms with Gasteiger partial charge < -0.3 is 9.47 Å². The maximum atomic E-state index is 10.8. The summed E-state index contributed by atoms with van der Waals surface area (Å²) in [5, 5.41) is 0. The van der Waals surface area contributed by atoms with Crippen LogP contribution in [-0.4, -0.2) is 19.2 Å². The minimum atomic E-state index is -0.390. The quantitative estimate of drug-likeness (QED) is 0.431. The summed E-state index contributed by atoms with van der Waals surface area (Å²) in [5.74, 6) is 0.453. The lowest BCUT2D eigenvalue weighted by molar-refractivity contribution is -0.137. The number of carbonyl (C=O) groups is 1. The van der Waals surface area contributed by atoms with Gasteiger partial charge in [-0.3, -0.25) is 0 Å². The monoisotopic (exact) mass is 272 g/mol. The highest BCUT2D eigenvalue weighted by Crippen LogP contribution is 2.27. The van der Waals surface area contributed by atoms with Crippen molar-refractivity contribution in [2.75, 3.05) is 13.2 Å². The minimum Gasteiger partial charge on any atom is -0.493 e. The normalized spacial score (nSPS) is 13.3. The largest absolute Gasteiger partial charge is 0.493 e. The summed E-state index contributed by atoms with van der Waals surface area (Å²) in [5.41, 5.74) is 2.76. The number of carbonyl (C=O) groups excluding carboxylic acids is 1. The Kier molecular flexibility index (Phi) is 5.42. The third-order valence-electron chi connectivity index (χ3n) is 3.22. The molecule has 0 heterocycles. The Hall–Kier alpha value is -2.03.